The number of hydrogen-bond acceptors (Lipinski definition) is 4. The van der Waals surface area contributed by atoms with Crippen molar-refractivity contribution < 1.29 is 9.59 Å². The van der Waals surface area contributed by atoms with Gasteiger partial charge in [0.05, 0.1) is 10.9 Å². The van der Waals surface area contributed by atoms with Crippen molar-refractivity contribution in [3.05, 3.63) is 74.7 Å². The van der Waals surface area contributed by atoms with Gasteiger partial charge in [0, 0.05) is 28.5 Å². The number of halogens is 1. The lowest BCUT2D eigenvalue weighted by atomic mass is 10.0. The van der Waals surface area contributed by atoms with Crippen LogP contribution in [0.1, 0.15) is 35.5 Å². The Balaban J connectivity index is 2.17. The highest BCUT2D eigenvalue weighted by atomic mass is 35.5. The van der Waals surface area contributed by atoms with Gasteiger partial charge in [-0.1, -0.05) is 23.7 Å². The quantitative estimate of drug-likeness (QED) is 0.671. The zero-order valence-corrected chi connectivity index (χ0v) is 16.6. The van der Waals surface area contributed by atoms with Crippen molar-refractivity contribution in [1.82, 2.24) is 14.9 Å². The molecule has 0 spiro atoms. The summed E-state index contributed by atoms with van der Waals surface area (Å²) < 4.78 is 1.54. The van der Waals surface area contributed by atoms with Gasteiger partial charge in [-0.3, -0.25) is 14.4 Å². The first-order chi connectivity index (χ1) is 13.3. The number of rotatable bonds is 5. The van der Waals surface area contributed by atoms with Crippen LogP contribution in [0.3, 0.4) is 0 Å². The number of ketones is 1. The van der Waals surface area contributed by atoms with Crippen LogP contribution in [0.15, 0.2) is 47.4 Å². The number of carbonyl (C=O) groups excluding carboxylic acids is 2. The average molecular weight is 398 g/mol. The van der Waals surface area contributed by atoms with Crippen LogP contribution in [0.25, 0.3) is 11.0 Å². The van der Waals surface area contributed by atoms with Gasteiger partial charge in [0.15, 0.2) is 5.78 Å². The van der Waals surface area contributed by atoms with E-state index in [4.69, 9.17) is 11.6 Å². The van der Waals surface area contributed by atoms with E-state index in [1.54, 1.807) is 41.8 Å². The van der Waals surface area contributed by atoms with Gasteiger partial charge in [-0.25, -0.2) is 4.98 Å². The number of fused-ring (bicyclic) bond motifs is 1. The summed E-state index contributed by atoms with van der Waals surface area (Å²) in [5, 5.41) is 3.50. The maximum absolute atomic E-state index is 13.0. The minimum atomic E-state index is -0.451. The Hall–Kier alpha value is -2.99. The highest BCUT2D eigenvalue weighted by Crippen LogP contribution is 2.16. The van der Waals surface area contributed by atoms with E-state index < -0.39 is 11.2 Å². The number of aromatic nitrogens is 2. The molecule has 1 aromatic carbocycles. The maximum atomic E-state index is 13.0. The summed E-state index contributed by atoms with van der Waals surface area (Å²) in [5.74, 6) is -0.683. The summed E-state index contributed by atoms with van der Waals surface area (Å²) in [4.78, 5) is 42.6. The van der Waals surface area contributed by atoms with Crippen LogP contribution >= 0.6 is 11.6 Å². The third kappa shape index (κ3) is 4.12. The molecule has 0 bridgehead atoms. The molecule has 2 aromatic heterocycles. The number of pyridine rings is 2. The minimum absolute atomic E-state index is 0.0274. The van der Waals surface area contributed by atoms with Crippen molar-refractivity contribution in [2.24, 2.45) is 0 Å². The molecule has 0 saturated heterocycles. The third-order valence-electron chi connectivity index (χ3n) is 4.16. The molecule has 1 N–H and O–H groups in total. The topological polar surface area (TPSA) is 81.1 Å². The third-order valence-corrected chi connectivity index (χ3v) is 4.39. The minimum Gasteiger partial charge on any atom is -0.352 e. The van der Waals surface area contributed by atoms with Crippen LogP contribution in [0.5, 0.6) is 0 Å². The lowest BCUT2D eigenvalue weighted by molar-refractivity contribution is -0.122. The Morgan fingerprint density at radius 2 is 1.96 bits per heavy atom. The van der Waals surface area contributed by atoms with Crippen LogP contribution in [0.2, 0.25) is 5.02 Å². The monoisotopic (exact) mass is 397 g/mol. The summed E-state index contributed by atoms with van der Waals surface area (Å²) in [7, 11) is 0. The van der Waals surface area contributed by atoms with Gasteiger partial charge in [0.25, 0.3) is 0 Å². The number of benzene rings is 1. The molecule has 0 atom stereocenters. The lowest BCUT2D eigenvalue weighted by Crippen LogP contribution is -2.34. The van der Waals surface area contributed by atoms with Crippen molar-refractivity contribution >= 4 is 34.3 Å². The highest BCUT2D eigenvalue weighted by Gasteiger charge is 2.19. The summed E-state index contributed by atoms with van der Waals surface area (Å²) in [6.45, 7) is 5.46. The van der Waals surface area contributed by atoms with Crippen LogP contribution in [0, 0.1) is 6.92 Å². The number of nitrogens with one attached hydrogen (secondary N) is 1. The fourth-order valence-electron chi connectivity index (χ4n) is 2.95. The van der Waals surface area contributed by atoms with Crippen molar-refractivity contribution in [1.29, 1.82) is 0 Å². The molecule has 0 fully saturated rings. The van der Waals surface area contributed by atoms with Crippen LogP contribution in [-0.4, -0.2) is 27.3 Å². The summed E-state index contributed by atoms with van der Waals surface area (Å²) in [6.07, 6.45) is 1.40. The number of aryl methyl sites for hydroxylation is 1. The van der Waals surface area contributed by atoms with Gasteiger partial charge in [-0.05, 0) is 45.0 Å². The van der Waals surface area contributed by atoms with E-state index >= 15 is 0 Å². The number of amides is 1. The molecule has 0 saturated carbocycles. The molecule has 0 aliphatic heterocycles. The van der Waals surface area contributed by atoms with Gasteiger partial charge in [0.1, 0.15) is 12.2 Å². The van der Waals surface area contributed by atoms with E-state index in [2.05, 4.69) is 10.3 Å². The fourth-order valence-corrected chi connectivity index (χ4v) is 3.14. The van der Waals surface area contributed by atoms with Gasteiger partial charge < -0.3 is 9.88 Å². The summed E-state index contributed by atoms with van der Waals surface area (Å²) in [5.41, 5.74) is 0.929. The molecule has 3 aromatic rings. The number of nitrogens with zero attached hydrogens (tertiary/aromatic N) is 2. The second-order valence-electron chi connectivity index (χ2n) is 6.89. The zero-order chi connectivity index (χ0) is 20.4. The smallest absolute Gasteiger partial charge is 0.240 e. The van der Waals surface area contributed by atoms with Crippen molar-refractivity contribution in [2.45, 2.75) is 33.4 Å². The van der Waals surface area contributed by atoms with Gasteiger partial charge >= 0.3 is 0 Å². The normalized spacial score (nSPS) is 11.0. The molecule has 0 unspecified atom stereocenters. The number of carbonyl (C=O) groups is 2. The first-order valence-corrected chi connectivity index (χ1v) is 9.24. The van der Waals surface area contributed by atoms with E-state index in [0.29, 0.717) is 21.9 Å². The van der Waals surface area contributed by atoms with Crippen LogP contribution in [0.4, 0.5) is 0 Å². The molecule has 28 heavy (non-hydrogen) atoms. The molecule has 3 rings (SSSR count). The van der Waals surface area contributed by atoms with E-state index in [-0.39, 0.29) is 29.4 Å². The van der Waals surface area contributed by atoms with Crippen LogP contribution < -0.4 is 10.7 Å². The molecular weight excluding hydrogens is 378 g/mol. The molecule has 2 heterocycles. The second-order valence-corrected chi connectivity index (χ2v) is 7.32. The predicted octanol–water partition coefficient (Wildman–Crippen LogP) is 3.11. The molecule has 1 amide bonds. The first kappa shape index (κ1) is 19.8. The zero-order valence-electron chi connectivity index (χ0n) is 15.8. The van der Waals surface area contributed by atoms with Crippen molar-refractivity contribution in [2.75, 3.05) is 0 Å². The maximum Gasteiger partial charge on any atom is 0.240 e. The SMILES string of the molecule is Cc1ccc2c(=O)c(C(=O)c3cccc(Cl)c3)cn(CC(=O)NC(C)C)c2n1. The first-order valence-electron chi connectivity index (χ1n) is 8.86. The van der Waals surface area contributed by atoms with Crippen molar-refractivity contribution in [3.63, 3.8) is 0 Å². The Labute approximate surface area is 167 Å². The van der Waals surface area contributed by atoms with Crippen molar-refractivity contribution in [3.8, 4) is 0 Å². The van der Waals surface area contributed by atoms with Crippen LogP contribution in [-0.2, 0) is 11.3 Å². The Morgan fingerprint density at radius 3 is 2.64 bits per heavy atom. The van der Waals surface area contributed by atoms with Gasteiger partial charge in [-0.15, -0.1) is 0 Å². The van der Waals surface area contributed by atoms with E-state index in [1.165, 1.54) is 12.3 Å². The lowest BCUT2D eigenvalue weighted by Gasteiger charge is -2.14. The highest BCUT2D eigenvalue weighted by molar-refractivity contribution is 6.31. The summed E-state index contributed by atoms with van der Waals surface area (Å²) in [6, 6.07) is 9.72. The molecular formula is C21H20ClN3O3. The Bertz CT molecular complexity index is 1140. The molecule has 0 aliphatic rings. The van der Waals surface area contributed by atoms with E-state index in [1.807, 2.05) is 13.8 Å². The average Bonchev–Trinajstić information content (AvgIpc) is 2.62. The molecule has 144 valence electrons. The van der Waals surface area contributed by atoms with Gasteiger partial charge in [-0.2, -0.15) is 0 Å². The molecule has 0 radical (unpaired) electrons. The van der Waals surface area contributed by atoms with E-state index in [9.17, 15) is 14.4 Å². The molecule has 0 aliphatic carbocycles. The Kier molecular flexibility index (Phi) is 5.61. The Morgan fingerprint density at radius 1 is 1.21 bits per heavy atom. The molecule has 6 nitrogen and oxygen atoms in total. The fraction of sp³-hybridized carbons (Fsp3) is 0.238. The standard InChI is InChI=1S/C21H20ClN3O3/c1-12(2)23-18(26)11-25-10-17(19(27)14-5-4-6-15(22)9-14)20(28)16-8-7-13(3)24-21(16)25/h4-10,12H,11H2,1-3H3,(H,23,26). The van der Waals surface area contributed by atoms with E-state index in [0.717, 1.165) is 0 Å². The largest absolute Gasteiger partial charge is 0.352 e. The summed E-state index contributed by atoms with van der Waals surface area (Å²) >= 11 is 5.98. The van der Waals surface area contributed by atoms with Gasteiger partial charge in [0.2, 0.25) is 11.3 Å². The molecule has 7 heteroatoms. The second kappa shape index (κ2) is 7.94. The predicted molar refractivity (Wildman–Crippen MR) is 109 cm³/mol. The number of hydrogen-bond donors (Lipinski definition) is 1.